The first kappa shape index (κ1) is 16.7. The van der Waals surface area contributed by atoms with Crippen LogP contribution in [0.1, 0.15) is 12.5 Å². The molecule has 0 saturated heterocycles. The average molecular weight is 308 g/mol. The van der Waals surface area contributed by atoms with Gasteiger partial charge in [0.1, 0.15) is 18.2 Å². The van der Waals surface area contributed by atoms with E-state index in [9.17, 15) is 0 Å². The summed E-state index contributed by atoms with van der Waals surface area (Å²) in [6.45, 7) is 2.28. The van der Waals surface area contributed by atoms with Crippen LogP contribution in [0.3, 0.4) is 0 Å². The Hall–Kier alpha value is -2.34. The molecule has 0 fully saturated rings. The van der Waals surface area contributed by atoms with Gasteiger partial charge in [-0.3, -0.25) is 4.99 Å². The number of benzene rings is 1. The number of ether oxygens (including phenoxy) is 1. The summed E-state index contributed by atoms with van der Waals surface area (Å²) in [7, 11) is 0. The first-order valence-electron chi connectivity index (χ1n) is 6.23. The van der Waals surface area contributed by atoms with E-state index in [1.54, 1.807) is 18.2 Å². The molecule has 21 heavy (non-hydrogen) atoms. The molecule has 0 aliphatic rings. The van der Waals surface area contributed by atoms with Gasteiger partial charge in [-0.25, -0.2) is 4.99 Å². The molecule has 5 N–H and O–H groups in total. The van der Waals surface area contributed by atoms with Crippen molar-refractivity contribution in [3.63, 3.8) is 0 Å². The van der Waals surface area contributed by atoms with E-state index in [1.807, 2.05) is 6.92 Å². The van der Waals surface area contributed by atoms with Crippen LogP contribution in [-0.4, -0.2) is 31.5 Å². The number of nitrogens with zero attached hydrogens (tertiary/aromatic N) is 2. The van der Waals surface area contributed by atoms with Crippen LogP contribution in [-0.2, 0) is 0 Å². The Kier molecular flexibility index (Phi) is 6.97. The van der Waals surface area contributed by atoms with Crippen LogP contribution in [0.5, 0.6) is 5.75 Å². The van der Waals surface area contributed by atoms with Gasteiger partial charge in [0.15, 0.2) is 0 Å². The summed E-state index contributed by atoms with van der Waals surface area (Å²) >= 11 is 6.10. The summed E-state index contributed by atoms with van der Waals surface area (Å²) in [4.78, 5) is 7.70. The Morgan fingerprint density at radius 1 is 1.48 bits per heavy atom. The molecule has 0 aromatic heterocycles. The molecule has 0 spiro atoms. The number of rotatable bonds is 7. The number of halogens is 1. The minimum Gasteiger partial charge on any atom is -0.487 e. The first-order chi connectivity index (χ1) is 10.1. The van der Waals surface area contributed by atoms with Crippen molar-refractivity contribution < 1.29 is 4.74 Å². The summed E-state index contributed by atoms with van der Waals surface area (Å²) in [6, 6.07) is 5.22. The largest absolute Gasteiger partial charge is 0.487 e. The summed E-state index contributed by atoms with van der Waals surface area (Å²) < 4.78 is 5.73. The lowest BCUT2D eigenvalue weighted by atomic mass is 10.1. The Balaban J connectivity index is 2.82. The maximum Gasteiger partial charge on any atom is 0.139 e. The molecule has 0 heterocycles. The van der Waals surface area contributed by atoms with Gasteiger partial charge >= 0.3 is 0 Å². The van der Waals surface area contributed by atoms with Crippen LogP contribution >= 0.6 is 11.6 Å². The molecular formula is C14H18ClN5O. The van der Waals surface area contributed by atoms with E-state index < -0.39 is 0 Å². The van der Waals surface area contributed by atoms with E-state index >= 15 is 0 Å². The third-order valence-corrected chi connectivity index (χ3v) is 2.84. The molecule has 112 valence electrons. The standard InChI is InChI=1S/C14H18ClN5O/c1-10(7-19-9-20-8-18)21-14-4-11(2-3-13(14)15)12(5-16)6-17/h2-6,8-10,16H,7,17H2,1H3,(H2,18,19,20)/b12-6+,16-5?/t10-/m0/s1. The number of hydrogen-bond donors (Lipinski definition) is 3. The molecule has 1 rings (SSSR count). The molecule has 0 saturated carbocycles. The smallest absolute Gasteiger partial charge is 0.139 e. The Labute approximate surface area is 128 Å². The van der Waals surface area contributed by atoms with E-state index in [0.717, 1.165) is 11.9 Å². The van der Waals surface area contributed by atoms with Crippen molar-refractivity contribution >= 4 is 36.1 Å². The van der Waals surface area contributed by atoms with Gasteiger partial charge in [0.2, 0.25) is 0 Å². The van der Waals surface area contributed by atoms with Gasteiger partial charge in [-0.05, 0) is 24.6 Å². The molecule has 1 aromatic carbocycles. The highest BCUT2D eigenvalue weighted by Crippen LogP contribution is 2.28. The number of hydrogen-bond acceptors (Lipinski definition) is 4. The lowest BCUT2D eigenvalue weighted by molar-refractivity contribution is 0.230. The zero-order valence-electron chi connectivity index (χ0n) is 11.7. The molecule has 0 aliphatic carbocycles. The molecule has 0 radical (unpaired) electrons. The second-order valence-corrected chi connectivity index (χ2v) is 4.53. The first-order valence-corrected chi connectivity index (χ1v) is 6.60. The van der Waals surface area contributed by atoms with Gasteiger partial charge in [0, 0.05) is 18.0 Å². The maximum atomic E-state index is 7.30. The topological polar surface area (TPSA) is 110 Å². The molecule has 1 aromatic rings. The minimum atomic E-state index is -0.188. The zero-order valence-corrected chi connectivity index (χ0v) is 12.4. The third kappa shape index (κ3) is 5.27. The molecular weight excluding hydrogens is 290 g/mol. The quantitative estimate of drug-likeness (QED) is 0.529. The summed E-state index contributed by atoms with van der Waals surface area (Å²) in [5.74, 6) is 0.514. The fourth-order valence-corrected chi connectivity index (χ4v) is 1.70. The number of nitrogens with two attached hydrogens (primary N) is 2. The maximum absolute atomic E-state index is 7.30. The predicted octanol–water partition coefficient (Wildman–Crippen LogP) is 2.07. The van der Waals surface area contributed by atoms with Gasteiger partial charge < -0.3 is 21.6 Å². The van der Waals surface area contributed by atoms with Crippen LogP contribution in [0.2, 0.25) is 5.02 Å². The molecule has 0 aliphatic heterocycles. The van der Waals surface area contributed by atoms with Crippen molar-refractivity contribution in [2.24, 2.45) is 21.5 Å². The summed E-state index contributed by atoms with van der Waals surface area (Å²) in [6.07, 6.45) is 4.87. The number of nitrogens with one attached hydrogen (secondary N) is 1. The van der Waals surface area contributed by atoms with E-state index in [1.165, 1.54) is 18.8 Å². The van der Waals surface area contributed by atoms with Gasteiger partial charge in [-0.2, -0.15) is 0 Å². The van der Waals surface area contributed by atoms with Crippen LogP contribution in [0.4, 0.5) is 0 Å². The van der Waals surface area contributed by atoms with Crippen LogP contribution < -0.4 is 16.2 Å². The van der Waals surface area contributed by atoms with E-state index in [2.05, 4.69) is 9.98 Å². The molecule has 6 nitrogen and oxygen atoms in total. The van der Waals surface area contributed by atoms with Crippen LogP contribution in [0.25, 0.3) is 5.57 Å². The number of allylic oxidation sites excluding steroid dienone is 1. The fourth-order valence-electron chi connectivity index (χ4n) is 1.54. The predicted molar refractivity (Wildman–Crippen MR) is 88.5 cm³/mol. The SMILES string of the molecule is C[C@@H](CN=CN=CN)Oc1cc(/C(C=N)=C/N)ccc1Cl. The molecule has 0 amide bonds. The Bertz CT molecular complexity index is 568. The van der Waals surface area contributed by atoms with Gasteiger partial charge in [-0.15, -0.1) is 0 Å². The highest BCUT2D eigenvalue weighted by Gasteiger charge is 2.09. The van der Waals surface area contributed by atoms with Crippen molar-refractivity contribution in [3.05, 3.63) is 35.0 Å². The Morgan fingerprint density at radius 2 is 2.24 bits per heavy atom. The lowest BCUT2D eigenvalue weighted by Gasteiger charge is -2.15. The highest BCUT2D eigenvalue weighted by molar-refractivity contribution is 6.32. The third-order valence-electron chi connectivity index (χ3n) is 2.52. The molecule has 0 bridgehead atoms. The van der Waals surface area contributed by atoms with Crippen molar-refractivity contribution in [1.82, 2.24) is 0 Å². The normalized spacial score (nSPS) is 13.7. The van der Waals surface area contributed by atoms with Gasteiger partial charge in [0.05, 0.1) is 17.9 Å². The van der Waals surface area contributed by atoms with E-state index in [0.29, 0.717) is 22.9 Å². The Morgan fingerprint density at radius 3 is 2.86 bits per heavy atom. The highest BCUT2D eigenvalue weighted by atomic mass is 35.5. The second kappa shape index (κ2) is 8.76. The van der Waals surface area contributed by atoms with Crippen molar-refractivity contribution in [2.75, 3.05) is 6.54 Å². The molecule has 7 heteroatoms. The summed E-state index contributed by atoms with van der Waals surface area (Å²) in [5.41, 5.74) is 11.9. The molecule has 1 atom stereocenters. The second-order valence-electron chi connectivity index (χ2n) is 4.12. The average Bonchev–Trinajstić information content (AvgIpc) is 2.48. The van der Waals surface area contributed by atoms with Crippen molar-refractivity contribution in [3.8, 4) is 5.75 Å². The van der Waals surface area contributed by atoms with Crippen molar-refractivity contribution in [2.45, 2.75) is 13.0 Å². The number of aliphatic imine (C=N–C) groups is 2. The minimum absolute atomic E-state index is 0.188. The fraction of sp³-hybridized carbons (Fsp3) is 0.214. The van der Waals surface area contributed by atoms with Crippen LogP contribution in [0, 0.1) is 5.41 Å². The van der Waals surface area contributed by atoms with Crippen LogP contribution in [0.15, 0.2) is 34.4 Å². The van der Waals surface area contributed by atoms with E-state index in [4.69, 9.17) is 33.2 Å². The van der Waals surface area contributed by atoms with Gasteiger partial charge in [0.25, 0.3) is 0 Å². The zero-order chi connectivity index (χ0) is 15.7. The van der Waals surface area contributed by atoms with Crippen molar-refractivity contribution in [1.29, 1.82) is 5.41 Å². The summed E-state index contributed by atoms with van der Waals surface area (Å²) in [5, 5.41) is 7.79. The van der Waals surface area contributed by atoms with E-state index in [-0.39, 0.29) is 6.10 Å². The van der Waals surface area contributed by atoms with Gasteiger partial charge in [-0.1, -0.05) is 17.7 Å². The molecule has 0 unspecified atom stereocenters. The monoisotopic (exact) mass is 307 g/mol. The lowest BCUT2D eigenvalue weighted by Crippen LogP contribution is -2.16.